The van der Waals surface area contributed by atoms with Gasteiger partial charge >= 0.3 is 0 Å². The standard InChI is InChI=1S/C11H12ClF2NO/c12-7-2-1-3-8(16)9(7)10(6-15)4-11(13,14)5-10/h1-3,16H,4-6,15H2. The number of benzene rings is 1. The monoisotopic (exact) mass is 247 g/mol. The van der Waals surface area contributed by atoms with Crippen molar-refractivity contribution < 1.29 is 13.9 Å². The van der Waals surface area contributed by atoms with E-state index in [-0.39, 0.29) is 25.1 Å². The van der Waals surface area contributed by atoms with Crippen LogP contribution in [-0.2, 0) is 5.41 Å². The van der Waals surface area contributed by atoms with E-state index in [1.54, 1.807) is 12.1 Å². The maximum absolute atomic E-state index is 13.0. The second-order valence-electron chi connectivity index (χ2n) is 4.33. The molecule has 5 heteroatoms. The van der Waals surface area contributed by atoms with Crippen molar-refractivity contribution in [2.45, 2.75) is 24.2 Å². The normalized spacial score (nSPS) is 21.5. The fourth-order valence-corrected chi connectivity index (χ4v) is 2.77. The van der Waals surface area contributed by atoms with E-state index in [2.05, 4.69) is 0 Å². The molecule has 0 unspecified atom stereocenters. The van der Waals surface area contributed by atoms with Gasteiger partial charge in [-0.15, -0.1) is 0 Å². The van der Waals surface area contributed by atoms with Gasteiger partial charge in [0.15, 0.2) is 0 Å². The molecule has 0 heterocycles. The van der Waals surface area contributed by atoms with Crippen molar-refractivity contribution in [3.05, 3.63) is 28.8 Å². The number of phenols is 1. The first-order valence-corrected chi connectivity index (χ1v) is 5.34. The number of hydrogen-bond acceptors (Lipinski definition) is 2. The summed E-state index contributed by atoms with van der Waals surface area (Å²) in [5.41, 5.74) is 5.03. The van der Waals surface area contributed by atoms with Gasteiger partial charge in [0, 0.05) is 35.4 Å². The summed E-state index contributed by atoms with van der Waals surface area (Å²) in [6, 6.07) is 4.59. The first-order valence-electron chi connectivity index (χ1n) is 4.96. The van der Waals surface area contributed by atoms with Crippen molar-refractivity contribution in [3.63, 3.8) is 0 Å². The Morgan fingerprint density at radius 3 is 2.44 bits per heavy atom. The molecule has 1 aromatic carbocycles. The smallest absolute Gasteiger partial charge is 0.250 e. The number of nitrogens with two attached hydrogens (primary N) is 1. The van der Waals surface area contributed by atoms with Gasteiger partial charge in [-0.3, -0.25) is 0 Å². The van der Waals surface area contributed by atoms with Crippen LogP contribution in [0, 0.1) is 0 Å². The fourth-order valence-electron chi connectivity index (χ4n) is 2.40. The van der Waals surface area contributed by atoms with E-state index in [1.165, 1.54) is 6.07 Å². The SMILES string of the molecule is NCC1(c2c(O)cccc2Cl)CC(F)(F)C1. The topological polar surface area (TPSA) is 46.2 Å². The number of hydrogen-bond donors (Lipinski definition) is 2. The molecule has 1 aromatic rings. The molecule has 88 valence electrons. The second-order valence-corrected chi connectivity index (χ2v) is 4.74. The summed E-state index contributed by atoms with van der Waals surface area (Å²) in [4.78, 5) is 0. The third kappa shape index (κ3) is 1.66. The van der Waals surface area contributed by atoms with Gasteiger partial charge in [-0.1, -0.05) is 17.7 Å². The van der Waals surface area contributed by atoms with Gasteiger partial charge in [-0.05, 0) is 12.1 Å². The van der Waals surface area contributed by atoms with Gasteiger partial charge in [0.2, 0.25) is 5.92 Å². The van der Waals surface area contributed by atoms with Crippen molar-refractivity contribution in [3.8, 4) is 5.75 Å². The lowest BCUT2D eigenvalue weighted by molar-refractivity contribution is -0.124. The Morgan fingerprint density at radius 2 is 2.00 bits per heavy atom. The van der Waals surface area contributed by atoms with Crippen LogP contribution < -0.4 is 5.73 Å². The highest BCUT2D eigenvalue weighted by Gasteiger charge is 2.58. The van der Waals surface area contributed by atoms with Gasteiger partial charge in [0.05, 0.1) is 0 Å². The number of alkyl halides is 2. The van der Waals surface area contributed by atoms with Crippen LogP contribution in [0.25, 0.3) is 0 Å². The number of aromatic hydroxyl groups is 1. The predicted octanol–water partition coefficient (Wildman–Crippen LogP) is 2.67. The minimum Gasteiger partial charge on any atom is -0.508 e. The molecule has 3 N–H and O–H groups in total. The molecule has 16 heavy (non-hydrogen) atoms. The minimum absolute atomic E-state index is 0.0554. The predicted molar refractivity (Wildman–Crippen MR) is 58.0 cm³/mol. The zero-order chi connectivity index (χ0) is 12.0. The Labute approximate surface area is 97.0 Å². The Morgan fingerprint density at radius 1 is 1.38 bits per heavy atom. The molecule has 1 saturated carbocycles. The first-order chi connectivity index (χ1) is 7.40. The van der Waals surface area contributed by atoms with E-state index in [0.717, 1.165) is 0 Å². The lowest BCUT2D eigenvalue weighted by Crippen LogP contribution is -2.53. The van der Waals surface area contributed by atoms with E-state index in [4.69, 9.17) is 17.3 Å². The molecule has 0 amide bonds. The summed E-state index contributed by atoms with van der Waals surface area (Å²) in [7, 11) is 0. The Bertz CT molecular complexity index is 394. The number of rotatable bonds is 2. The van der Waals surface area contributed by atoms with Gasteiger partial charge in [-0.25, -0.2) is 8.78 Å². The molecule has 0 aliphatic heterocycles. The van der Waals surface area contributed by atoms with Crippen LogP contribution in [-0.4, -0.2) is 17.6 Å². The van der Waals surface area contributed by atoms with Crippen LogP contribution in [0.15, 0.2) is 18.2 Å². The zero-order valence-electron chi connectivity index (χ0n) is 8.51. The van der Waals surface area contributed by atoms with Crippen LogP contribution in [0.4, 0.5) is 8.78 Å². The zero-order valence-corrected chi connectivity index (χ0v) is 9.27. The highest BCUT2D eigenvalue weighted by Crippen LogP contribution is 2.56. The van der Waals surface area contributed by atoms with Crippen LogP contribution in [0.2, 0.25) is 5.02 Å². The lowest BCUT2D eigenvalue weighted by Gasteiger charge is -2.47. The third-order valence-corrected chi connectivity index (χ3v) is 3.42. The summed E-state index contributed by atoms with van der Waals surface area (Å²) in [5, 5.41) is 10.0. The molecular formula is C11H12ClF2NO. The molecular weight excluding hydrogens is 236 g/mol. The highest BCUT2D eigenvalue weighted by molar-refractivity contribution is 6.31. The molecule has 0 saturated heterocycles. The molecule has 0 radical (unpaired) electrons. The van der Waals surface area contributed by atoms with Crippen molar-refractivity contribution in [2.24, 2.45) is 5.73 Å². The number of phenolic OH excluding ortho intramolecular Hbond substituents is 1. The first kappa shape index (κ1) is 11.6. The van der Waals surface area contributed by atoms with Gasteiger partial charge in [0.1, 0.15) is 5.75 Å². The summed E-state index contributed by atoms with van der Waals surface area (Å²) in [6.07, 6.45) is -0.707. The summed E-state index contributed by atoms with van der Waals surface area (Å²) < 4.78 is 26.0. The molecule has 1 fully saturated rings. The van der Waals surface area contributed by atoms with E-state index >= 15 is 0 Å². The maximum Gasteiger partial charge on any atom is 0.250 e. The lowest BCUT2D eigenvalue weighted by atomic mass is 9.62. The molecule has 1 aliphatic rings. The largest absolute Gasteiger partial charge is 0.508 e. The van der Waals surface area contributed by atoms with Crippen molar-refractivity contribution in [2.75, 3.05) is 6.54 Å². The second kappa shape index (κ2) is 3.57. The molecule has 0 spiro atoms. The van der Waals surface area contributed by atoms with Crippen molar-refractivity contribution in [1.82, 2.24) is 0 Å². The fraction of sp³-hybridized carbons (Fsp3) is 0.455. The van der Waals surface area contributed by atoms with E-state index < -0.39 is 11.3 Å². The summed E-state index contributed by atoms with van der Waals surface area (Å²) >= 11 is 5.94. The molecule has 2 nitrogen and oxygen atoms in total. The highest BCUT2D eigenvalue weighted by atomic mass is 35.5. The molecule has 1 aliphatic carbocycles. The number of halogens is 3. The van der Waals surface area contributed by atoms with Crippen molar-refractivity contribution >= 4 is 11.6 Å². The average molecular weight is 248 g/mol. The quantitative estimate of drug-likeness (QED) is 0.844. The van der Waals surface area contributed by atoms with E-state index in [0.29, 0.717) is 10.6 Å². The summed E-state index contributed by atoms with van der Waals surface area (Å²) in [6.45, 7) is 0.0554. The minimum atomic E-state index is -2.70. The molecule has 0 bridgehead atoms. The molecule has 0 atom stereocenters. The Hall–Kier alpha value is -0.870. The molecule has 2 rings (SSSR count). The molecule has 0 aromatic heterocycles. The van der Waals surface area contributed by atoms with Crippen LogP contribution in [0.3, 0.4) is 0 Å². The van der Waals surface area contributed by atoms with Gasteiger partial charge in [0.25, 0.3) is 0 Å². The summed E-state index contributed by atoms with van der Waals surface area (Å²) in [5.74, 6) is -2.77. The maximum atomic E-state index is 13.0. The Kier molecular flexibility index (Phi) is 2.59. The van der Waals surface area contributed by atoms with Crippen LogP contribution in [0.1, 0.15) is 18.4 Å². The Balaban J connectivity index is 2.43. The van der Waals surface area contributed by atoms with Gasteiger partial charge in [-0.2, -0.15) is 0 Å². The average Bonchev–Trinajstić information content (AvgIpc) is 2.13. The van der Waals surface area contributed by atoms with Crippen LogP contribution in [0.5, 0.6) is 5.75 Å². The van der Waals surface area contributed by atoms with Crippen LogP contribution >= 0.6 is 11.6 Å². The van der Waals surface area contributed by atoms with E-state index in [1.807, 2.05) is 0 Å². The van der Waals surface area contributed by atoms with Gasteiger partial charge < -0.3 is 10.8 Å². The third-order valence-electron chi connectivity index (χ3n) is 3.11. The van der Waals surface area contributed by atoms with Crippen molar-refractivity contribution in [1.29, 1.82) is 0 Å². The van der Waals surface area contributed by atoms with E-state index in [9.17, 15) is 13.9 Å².